The summed E-state index contributed by atoms with van der Waals surface area (Å²) in [6.45, 7) is 0. The lowest BCUT2D eigenvalue weighted by molar-refractivity contribution is 0.623. The van der Waals surface area contributed by atoms with Crippen molar-refractivity contribution in [3.8, 4) is 0 Å². The van der Waals surface area contributed by atoms with Crippen LogP contribution in [0.3, 0.4) is 0 Å². The maximum absolute atomic E-state index is 5.75. The number of benzene rings is 3. The van der Waals surface area contributed by atoms with Crippen LogP contribution < -0.4 is 11.1 Å². The Morgan fingerprint density at radius 1 is 0.905 bits per heavy atom. The van der Waals surface area contributed by atoms with Crippen LogP contribution in [0.1, 0.15) is 0 Å². The van der Waals surface area contributed by atoms with Crippen molar-refractivity contribution in [2.45, 2.75) is 0 Å². The lowest BCUT2D eigenvalue weighted by Gasteiger charge is -2.03. The van der Waals surface area contributed by atoms with Gasteiger partial charge in [-0.05, 0) is 41.1 Å². The van der Waals surface area contributed by atoms with Gasteiger partial charge < -0.3 is 15.5 Å². The number of nitrogens with zero attached hydrogens (tertiary/aromatic N) is 1. The van der Waals surface area contributed by atoms with E-state index in [4.69, 9.17) is 10.2 Å². The summed E-state index contributed by atoms with van der Waals surface area (Å²) in [5, 5.41) is 5.56. The second-order valence-electron chi connectivity index (χ2n) is 4.93. The molecule has 0 unspecified atom stereocenters. The van der Waals surface area contributed by atoms with Gasteiger partial charge in [0.2, 0.25) is 0 Å². The Morgan fingerprint density at radius 3 is 2.67 bits per heavy atom. The molecule has 3 aromatic carbocycles. The maximum atomic E-state index is 5.75. The molecule has 0 aliphatic rings. The first-order valence-corrected chi connectivity index (χ1v) is 6.70. The third kappa shape index (κ3) is 2.17. The van der Waals surface area contributed by atoms with Gasteiger partial charge >= 0.3 is 0 Å². The Labute approximate surface area is 121 Å². The fourth-order valence-corrected chi connectivity index (χ4v) is 2.39. The van der Waals surface area contributed by atoms with Gasteiger partial charge in [0.15, 0.2) is 5.58 Å². The summed E-state index contributed by atoms with van der Waals surface area (Å²) < 4.78 is 5.66. The average Bonchev–Trinajstić information content (AvgIpc) is 2.88. The Hall–Kier alpha value is -3.01. The standard InChI is InChI=1S/C17H13N3O/c18-13-6-8-16-15(10-13)20-17(21-16)19-14-7-5-11-3-1-2-4-12(11)9-14/h1-10H,18H2,(H,19,20). The van der Waals surface area contributed by atoms with E-state index >= 15 is 0 Å². The summed E-state index contributed by atoms with van der Waals surface area (Å²) in [6.07, 6.45) is 0. The highest BCUT2D eigenvalue weighted by Gasteiger charge is 2.06. The highest BCUT2D eigenvalue weighted by molar-refractivity contribution is 5.86. The lowest BCUT2D eigenvalue weighted by atomic mass is 10.1. The van der Waals surface area contributed by atoms with Gasteiger partial charge in [0.25, 0.3) is 6.01 Å². The van der Waals surface area contributed by atoms with Crippen LogP contribution in [0.2, 0.25) is 0 Å². The van der Waals surface area contributed by atoms with Crippen molar-refractivity contribution < 1.29 is 4.42 Å². The van der Waals surface area contributed by atoms with Crippen molar-refractivity contribution in [2.24, 2.45) is 0 Å². The number of rotatable bonds is 2. The minimum absolute atomic E-state index is 0.464. The number of oxazole rings is 1. The van der Waals surface area contributed by atoms with Crippen molar-refractivity contribution in [3.05, 3.63) is 60.7 Å². The minimum atomic E-state index is 0.464. The van der Waals surface area contributed by atoms with E-state index in [9.17, 15) is 0 Å². The lowest BCUT2D eigenvalue weighted by Crippen LogP contribution is -1.89. The van der Waals surface area contributed by atoms with Crippen molar-refractivity contribution in [1.82, 2.24) is 4.98 Å². The molecule has 0 saturated carbocycles. The highest BCUT2D eigenvalue weighted by atomic mass is 16.4. The van der Waals surface area contributed by atoms with E-state index in [2.05, 4.69) is 34.6 Å². The van der Waals surface area contributed by atoms with Crippen molar-refractivity contribution >= 4 is 39.3 Å². The van der Waals surface area contributed by atoms with Crippen LogP contribution in [0.25, 0.3) is 21.9 Å². The number of anilines is 3. The number of nitrogens with two attached hydrogens (primary N) is 1. The fraction of sp³-hybridized carbons (Fsp3) is 0. The molecule has 0 radical (unpaired) electrons. The molecule has 4 aromatic rings. The van der Waals surface area contributed by atoms with E-state index in [0.29, 0.717) is 17.3 Å². The molecule has 0 saturated heterocycles. The van der Waals surface area contributed by atoms with Gasteiger partial charge in [0, 0.05) is 11.4 Å². The summed E-state index contributed by atoms with van der Waals surface area (Å²) in [4.78, 5) is 4.39. The Morgan fingerprint density at radius 2 is 1.76 bits per heavy atom. The van der Waals surface area contributed by atoms with E-state index in [1.54, 1.807) is 12.1 Å². The monoisotopic (exact) mass is 275 g/mol. The van der Waals surface area contributed by atoms with Gasteiger partial charge in [-0.15, -0.1) is 0 Å². The molecule has 0 atom stereocenters. The molecule has 0 amide bonds. The first kappa shape index (κ1) is 11.8. The summed E-state index contributed by atoms with van der Waals surface area (Å²) in [5.74, 6) is 0. The first-order chi connectivity index (χ1) is 10.3. The zero-order valence-electron chi connectivity index (χ0n) is 11.2. The van der Waals surface area contributed by atoms with Crippen LogP contribution in [0.5, 0.6) is 0 Å². The van der Waals surface area contributed by atoms with Crippen LogP contribution >= 0.6 is 0 Å². The molecule has 0 spiro atoms. The third-order valence-corrected chi connectivity index (χ3v) is 3.41. The smallest absolute Gasteiger partial charge is 0.300 e. The topological polar surface area (TPSA) is 64.1 Å². The van der Waals surface area contributed by atoms with Gasteiger partial charge in [-0.2, -0.15) is 4.98 Å². The molecule has 3 N–H and O–H groups in total. The second kappa shape index (κ2) is 4.52. The molecule has 21 heavy (non-hydrogen) atoms. The molecule has 4 heteroatoms. The number of aromatic nitrogens is 1. The average molecular weight is 275 g/mol. The molecule has 1 aromatic heterocycles. The van der Waals surface area contributed by atoms with E-state index < -0.39 is 0 Å². The molecule has 1 heterocycles. The predicted molar refractivity (Wildman–Crippen MR) is 85.7 cm³/mol. The molecule has 4 rings (SSSR count). The Kier molecular flexibility index (Phi) is 2.54. The normalized spacial score (nSPS) is 11.0. The SMILES string of the molecule is Nc1ccc2oc(Nc3ccc4ccccc4c3)nc2c1. The largest absolute Gasteiger partial charge is 0.423 e. The zero-order chi connectivity index (χ0) is 14.2. The van der Waals surface area contributed by atoms with E-state index in [1.165, 1.54) is 10.8 Å². The predicted octanol–water partition coefficient (Wildman–Crippen LogP) is 4.31. The quantitative estimate of drug-likeness (QED) is 0.535. The van der Waals surface area contributed by atoms with Gasteiger partial charge in [-0.3, -0.25) is 0 Å². The van der Waals surface area contributed by atoms with Crippen LogP contribution in [0, 0.1) is 0 Å². The zero-order valence-corrected chi connectivity index (χ0v) is 11.2. The molecule has 0 bridgehead atoms. The Bertz CT molecular complexity index is 943. The summed E-state index contributed by atoms with van der Waals surface area (Å²) in [5.41, 5.74) is 8.82. The van der Waals surface area contributed by atoms with Crippen molar-refractivity contribution in [1.29, 1.82) is 0 Å². The molecule has 0 fully saturated rings. The fourth-order valence-electron chi connectivity index (χ4n) is 2.39. The number of hydrogen-bond donors (Lipinski definition) is 2. The van der Waals surface area contributed by atoms with Crippen LogP contribution in [0.15, 0.2) is 65.1 Å². The number of hydrogen-bond acceptors (Lipinski definition) is 4. The first-order valence-electron chi connectivity index (χ1n) is 6.70. The summed E-state index contributed by atoms with van der Waals surface area (Å²) >= 11 is 0. The minimum Gasteiger partial charge on any atom is -0.423 e. The second-order valence-corrected chi connectivity index (χ2v) is 4.93. The van der Waals surface area contributed by atoms with Gasteiger partial charge in [0.05, 0.1) is 0 Å². The third-order valence-electron chi connectivity index (χ3n) is 3.41. The number of nitrogen functional groups attached to an aromatic ring is 1. The van der Waals surface area contributed by atoms with Crippen molar-refractivity contribution in [2.75, 3.05) is 11.1 Å². The van der Waals surface area contributed by atoms with Gasteiger partial charge in [-0.25, -0.2) is 0 Å². The molecular weight excluding hydrogens is 262 g/mol. The molecule has 0 aliphatic heterocycles. The van der Waals surface area contributed by atoms with E-state index in [1.807, 2.05) is 24.3 Å². The summed E-state index contributed by atoms with van der Waals surface area (Å²) in [7, 11) is 0. The molecular formula is C17H13N3O. The van der Waals surface area contributed by atoms with E-state index in [0.717, 1.165) is 11.2 Å². The highest BCUT2D eigenvalue weighted by Crippen LogP contribution is 2.25. The molecule has 102 valence electrons. The van der Waals surface area contributed by atoms with E-state index in [-0.39, 0.29) is 0 Å². The summed E-state index contributed by atoms with van der Waals surface area (Å²) in [6, 6.07) is 20.2. The number of fused-ring (bicyclic) bond motifs is 2. The van der Waals surface area contributed by atoms with Gasteiger partial charge in [-0.1, -0.05) is 30.3 Å². The maximum Gasteiger partial charge on any atom is 0.300 e. The Balaban J connectivity index is 1.71. The number of nitrogens with one attached hydrogen (secondary N) is 1. The van der Waals surface area contributed by atoms with Crippen LogP contribution in [-0.2, 0) is 0 Å². The molecule has 4 nitrogen and oxygen atoms in total. The van der Waals surface area contributed by atoms with Crippen molar-refractivity contribution in [3.63, 3.8) is 0 Å². The molecule has 0 aliphatic carbocycles. The van der Waals surface area contributed by atoms with Gasteiger partial charge in [0.1, 0.15) is 5.52 Å². The van der Waals surface area contributed by atoms with Crippen LogP contribution in [-0.4, -0.2) is 4.98 Å². The van der Waals surface area contributed by atoms with Crippen LogP contribution in [0.4, 0.5) is 17.4 Å².